The van der Waals surface area contributed by atoms with Crippen molar-refractivity contribution < 1.29 is 14.6 Å². The molecule has 140 valence electrons. The molecule has 1 fully saturated rings. The molecule has 1 aromatic heterocycles. The summed E-state index contributed by atoms with van der Waals surface area (Å²) in [5.41, 5.74) is 0.966. The number of nitrogens with one attached hydrogen (secondary N) is 1. The third kappa shape index (κ3) is 6.63. The molecule has 1 aromatic rings. The fourth-order valence-electron chi connectivity index (χ4n) is 3.36. The van der Waals surface area contributed by atoms with Crippen molar-refractivity contribution in [1.29, 1.82) is 0 Å². The number of rotatable bonds is 8. The molecule has 0 saturated carbocycles. The number of hydrogen-bond acceptors (Lipinski definition) is 5. The topological polar surface area (TPSA) is 74.7 Å². The second-order valence-electron chi connectivity index (χ2n) is 7.37. The van der Waals surface area contributed by atoms with Gasteiger partial charge in [0.05, 0.1) is 25.3 Å². The summed E-state index contributed by atoms with van der Waals surface area (Å²) in [7, 11) is 0. The highest BCUT2D eigenvalue weighted by Crippen LogP contribution is 2.24. The van der Waals surface area contributed by atoms with Crippen LogP contribution in [0, 0.1) is 24.7 Å². The van der Waals surface area contributed by atoms with Crippen molar-refractivity contribution in [2.75, 3.05) is 39.4 Å². The van der Waals surface area contributed by atoms with Gasteiger partial charge in [-0.25, -0.2) is 0 Å². The molecule has 6 nitrogen and oxygen atoms in total. The Morgan fingerprint density at radius 1 is 1.44 bits per heavy atom. The van der Waals surface area contributed by atoms with Gasteiger partial charge in [-0.2, -0.15) is 0 Å². The van der Waals surface area contributed by atoms with Crippen LogP contribution in [0.2, 0.25) is 0 Å². The number of amides is 1. The Balaban J connectivity index is 1.94. The van der Waals surface area contributed by atoms with Crippen LogP contribution in [-0.4, -0.2) is 60.3 Å². The summed E-state index contributed by atoms with van der Waals surface area (Å²) in [6.45, 7) is 9.91. The Hall–Kier alpha value is -1.66. The minimum atomic E-state index is -0.0520. The molecule has 2 N–H and O–H groups in total. The van der Waals surface area contributed by atoms with E-state index in [4.69, 9.17) is 9.84 Å². The Labute approximate surface area is 150 Å². The van der Waals surface area contributed by atoms with E-state index in [1.165, 1.54) is 0 Å². The summed E-state index contributed by atoms with van der Waals surface area (Å²) in [5.74, 6) is 1.61. The predicted molar refractivity (Wildman–Crippen MR) is 97.4 cm³/mol. The SMILES string of the molecule is Cc1ccc(OC[C@H]2C[C@@H](C(=O)NCCO)CN(CC(C)C)C2)cn1. The maximum Gasteiger partial charge on any atom is 0.224 e. The number of likely N-dealkylation sites (tertiary alicyclic amines) is 1. The first-order valence-corrected chi connectivity index (χ1v) is 9.14. The molecule has 1 amide bonds. The highest BCUT2D eigenvalue weighted by molar-refractivity contribution is 5.79. The molecule has 6 heteroatoms. The van der Waals surface area contributed by atoms with Crippen molar-refractivity contribution in [3.63, 3.8) is 0 Å². The van der Waals surface area contributed by atoms with Crippen LogP contribution in [0.5, 0.6) is 5.75 Å². The summed E-state index contributed by atoms with van der Waals surface area (Å²) >= 11 is 0. The van der Waals surface area contributed by atoms with Gasteiger partial charge in [0.2, 0.25) is 5.91 Å². The lowest BCUT2D eigenvalue weighted by molar-refractivity contribution is -0.128. The van der Waals surface area contributed by atoms with Crippen molar-refractivity contribution in [3.8, 4) is 5.75 Å². The summed E-state index contributed by atoms with van der Waals surface area (Å²) in [6, 6.07) is 3.87. The molecule has 2 rings (SSSR count). The number of aromatic nitrogens is 1. The van der Waals surface area contributed by atoms with E-state index in [1.807, 2.05) is 19.1 Å². The summed E-state index contributed by atoms with van der Waals surface area (Å²) < 4.78 is 5.90. The van der Waals surface area contributed by atoms with Crippen LogP contribution in [0.15, 0.2) is 18.3 Å². The lowest BCUT2D eigenvalue weighted by atomic mass is 9.88. The van der Waals surface area contributed by atoms with E-state index in [-0.39, 0.29) is 18.4 Å². The van der Waals surface area contributed by atoms with Gasteiger partial charge in [0.15, 0.2) is 0 Å². The largest absolute Gasteiger partial charge is 0.492 e. The van der Waals surface area contributed by atoms with Crippen LogP contribution in [0.25, 0.3) is 0 Å². The molecule has 0 radical (unpaired) electrons. The first-order valence-electron chi connectivity index (χ1n) is 9.14. The van der Waals surface area contributed by atoms with Crippen LogP contribution in [0.1, 0.15) is 26.0 Å². The standard InChI is InChI=1S/C19H31N3O3/c1-14(2)10-22-11-16(8-17(12-22)19(24)20-6-7-23)13-25-18-5-4-15(3)21-9-18/h4-5,9,14,16-17,23H,6-8,10-13H2,1-3H3,(H,20,24)/t16-,17+/m0/s1. The minimum absolute atomic E-state index is 0.0267. The number of ether oxygens (including phenoxy) is 1. The van der Waals surface area contributed by atoms with Gasteiger partial charge < -0.3 is 20.1 Å². The molecule has 2 atom stereocenters. The van der Waals surface area contributed by atoms with Gasteiger partial charge in [0.1, 0.15) is 5.75 Å². The van der Waals surface area contributed by atoms with Gasteiger partial charge in [-0.1, -0.05) is 13.8 Å². The molecule has 0 aromatic carbocycles. The lowest BCUT2D eigenvalue weighted by Gasteiger charge is -2.37. The van der Waals surface area contributed by atoms with Gasteiger partial charge >= 0.3 is 0 Å². The molecule has 2 heterocycles. The predicted octanol–water partition coefficient (Wildman–Crippen LogP) is 1.47. The zero-order chi connectivity index (χ0) is 18.2. The Kier molecular flexibility index (Phi) is 7.65. The quantitative estimate of drug-likeness (QED) is 0.743. The average molecular weight is 349 g/mol. The normalized spacial score (nSPS) is 21.3. The average Bonchev–Trinajstić information content (AvgIpc) is 2.58. The maximum atomic E-state index is 12.3. The number of aryl methyl sites for hydroxylation is 1. The monoisotopic (exact) mass is 349 g/mol. The van der Waals surface area contributed by atoms with E-state index in [9.17, 15) is 4.79 Å². The maximum absolute atomic E-state index is 12.3. The Morgan fingerprint density at radius 2 is 2.24 bits per heavy atom. The smallest absolute Gasteiger partial charge is 0.224 e. The molecular formula is C19H31N3O3. The van der Waals surface area contributed by atoms with Gasteiger partial charge in [-0.05, 0) is 31.4 Å². The summed E-state index contributed by atoms with van der Waals surface area (Å²) in [4.78, 5) is 19.0. The number of nitrogens with zero attached hydrogens (tertiary/aromatic N) is 2. The highest BCUT2D eigenvalue weighted by Gasteiger charge is 2.32. The third-order valence-corrected chi connectivity index (χ3v) is 4.39. The van der Waals surface area contributed by atoms with E-state index in [0.717, 1.165) is 37.5 Å². The van der Waals surface area contributed by atoms with E-state index in [2.05, 4.69) is 29.0 Å². The van der Waals surface area contributed by atoms with Gasteiger partial charge in [-0.3, -0.25) is 9.78 Å². The number of pyridine rings is 1. The van der Waals surface area contributed by atoms with Crippen molar-refractivity contribution in [2.24, 2.45) is 17.8 Å². The van der Waals surface area contributed by atoms with Gasteiger partial charge in [-0.15, -0.1) is 0 Å². The van der Waals surface area contributed by atoms with Crippen LogP contribution in [-0.2, 0) is 4.79 Å². The van der Waals surface area contributed by atoms with Crippen molar-refractivity contribution in [3.05, 3.63) is 24.0 Å². The molecule has 1 aliphatic heterocycles. The van der Waals surface area contributed by atoms with E-state index < -0.39 is 0 Å². The van der Waals surface area contributed by atoms with Crippen molar-refractivity contribution in [2.45, 2.75) is 27.2 Å². The van der Waals surface area contributed by atoms with Crippen LogP contribution in [0.3, 0.4) is 0 Å². The van der Waals surface area contributed by atoms with Crippen molar-refractivity contribution >= 4 is 5.91 Å². The Bertz CT molecular complexity index is 533. The number of hydrogen-bond donors (Lipinski definition) is 2. The van der Waals surface area contributed by atoms with Gasteiger partial charge in [0.25, 0.3) is 0 Å². The molecular weight excluding hydrogens is 318 g/mol. The second-order valence-corrected chi connectivity index (χ2v) is 7.37. The Morgan fingerprint density at radius 3 is 2.88 bits per heavy atom. The minimum Gasteiger partial charge on any atom is -0.492 e. The number of aliphatic hydroxyl groups is 1. The lowest BCUT2D eigenvalue weighted by Crippen LogP contribution is -2.48. The number of aliphatic hydroxyl groups excluding tert-OH is 1. The molecule has 25 heavy (non-hydrogen) atoms. The van der Waals surface area contributed by atoms with E-state index in [0.29, 0.717) is 25.0 Å². The number of carbonyl (C=O) groups excluding carboxylic acids is 1. The van der Waals surface area contributed by atoms with E-state index in [1.54, 1.807) is 6.20 Å². The fourth-order valence-corrected chi connectivity index (χ4v) is 3.36. The van der Waals surface area contributed by atoms with E-state index >= 15 is 0 Å². The summed E-state index contributed by atoms with van der Waals surface area (Å²) in [6.07, 6.45) is 2.56. The molecule has 0 aliphatic carbocycles. The first kappa shape index (κ1) is 19.7. The highest BCUT2D eigenvalue weighted by atomic mass is 16.5. The summed E-state index contributed by atoms with van der Waals surface area (Å²) in [5, 5.41) is 11.7. The van der Waals surface area contributed by atoms with Crippen LogP contribution >= 0.6 is 0 Å². The molecule has 0 unspecified atom stereocenters. The van der Waals surface area contributed by atoms with Crippen molar-refractivity contribution in [1.82, 2.24) is 15.2 Å². The second kappa shape index (κ2) is 9.73. The fraction of sp³-hybridized carbons (Fsp3) is 0.684. The van der Waals surface area contributed by atoms with Crippen LogP contribution < -0.4 is 10.1 Å². The van der Waals surface area contributed by atoms with Gasteiger partial charge in [0, 0.05) is 37.8 Å². The number of carbonyl (C=O) groups is 1. The molecule has 0 spiro atoms. The molecule has 1 aliphatic rings. The van der Waals surface area contributed by atoms with Crippen LogP contribution in [0.4, 0.5) is 0 Å². The zero-order valence-electron chi connectivity index (χ0n) is 15.6. The molecule has 1 saturated heterocycles. The first-order chi connectivity index (χ1) is 12.0. The number of piperidine rings is 1. The third-order valence-electron chi connectivity index (χ3n) is 4.39. The zero-order valence-corrected chi connectivity index (χ0v) is 15.6. The molecule has 0 bridgehead atoms.